The second-order valence-electron chi connectivity index (χ2n) is 8.06. The van der Waals surface area contributed by atoms with Gasteiger partial charge in [0.1, 0.15) is 5.75 Å². The summed E-state index contributed by atoms with van der Waals surface area (Å²) in [6.45, 7) is 4.14. The van der Waals surface area contributed by atoms with Gasteiger partial charge in [0.2, 0.25) is 11.8 Å². The fourth-order valence-electron chi connectivity index (χ4n) is 3.86. The van der Waals surface area contributed by atoms with Crippen molar-refractivity contribution in [2.24, 2.45) is 5.92 Å². The first-order valence-electron chi connectivity index (χ1n) is 10.7. The SMILES string of the molecule is COc1ccc(N2C[C@@H](C(=O)Nc3ccc(C(=O)Nn4c(C)ccc4C)cc3)CC2=O)cc1. The number of amides is 3. The molecule has 4 rings (SSSR count). The Morgan fingerprint density at radius 2 is 1.58 bits per heavy atom. The molecule has 0 unspecified atom stereocenters. The van der Waals surface area contributed by atoms with Gasteiger partial charge in [-0.1, -0.05) is 0 Å². The zero-order valence-corrected chi connectivity index (χ0v) is 18.8. The molecule has 2 heterocycles. The first-order chi connectivity index (χ1) is 15.9. The van der Waals surface area contributed by atoms with Gasteiger partial charge in [0.15, 0.2) is 0 Å². The van der Waals surface area contributed by atoms with E-state index >= 15 is 0 Å². The molecule has 8 heteroatoms. The highest BCUT2D eigenvalue weighted by atomic mass is 16.5. The third kappa shape index (κ3) is 4.74. The van der Waals surface area contributed by atoms with E-state index in [0.29, 0.717) is 23.5 Å². The summed E-state index contributed by atoms with van der Waals surface area (Å²) < 4.78 is 6.88. The van der Waals surface area contributed by atoms with Crippen LogP contribution in [0, 0.1) is 19.8 Å². The molecule has 0 saturated carbocycles. The van der Waals surface area contributed by atoms with Gasteiger partial charge in [-0.2, -0.15) is 0 Å². The van der Waals surface area contributed by atoms with Crippen LogP contribution in [0.2, 0.25) is 0 Å². The van der Waals surface area contributed by atoms with Crippen molar-refractivity contribution >= 4 is 29.1 Å². The fourth-order valence-corrected chi connectivity index (χ4v) is 3.86. The lowest BCUT2D eigenvalue weighted by Crippen LogP contribution is -2.28. The quantitative estimate of drug-likeness (QED) is 0.606. The van der Waals surface area contributed by atoms with Crippen LogP contribution in [-0.2, 0) is 9.59 Å². The van der Waals surface area contributed by atoms with Crippen LogP contribution in [0.4, 0.5) is 11.4 Å². The molecule has 2 N–H and O–H groups in total. The van der Waals surface area contributed by atoms with E-state index in [1.54, 1.807) is 65.2 Å². The van der Waals surface area contributed by atoms with E-state index in [9.17, 15) is 14.4 Å². The molecule has 170 valence electrons. The molecule has 0 aliphatic carbocycles. The van der Waals surface area contributed by atoms with Crippen molar-refractivity contribution in [1.82, 2.24) is 4.68 Å². The van der Waals surface area contributed by atoms with Crippen molar-refractivity contribution in [1.29, 1.82) is 0 Å². The Balaban J connectivity index is 1.36. The number of benzene rings is 2. The summed E-state index contributed by atoms with van der Waals surface area (Å²) in [5, 5.41) is 2.85. The van der Waals surface area contributed by atoms with Gasteiger partial charge >= 0.3 is 0 Å². The molecule has 1 aliphatic heterocycles. The molecule has 0 radical (unpaired) electrons. The second kappa shape index (κ2) is 9.20. The number of hydrogen-bond donors (Lipinski definition) is 2. The minimum Gasteiger partial charge on any atom is -0.497 e. The number of nitrogens with one attached hydrogen (secondary N) is 2. The normalized spacial score (nSPS) is 15.4. The van der Waals surface area contributed by atoms with E-state index in [2.05, 4.69) is 10.7 Å². The van der Waals surface area contributed by atoms with E-state index in [-0.39, 0.29) is 24.1 Å². The minimum atomic E-state index is -0.456. The van der Waals surface area contributed by atoms with Crippen molar-refractivity contribution < 1.29 is 19.1 Å². The number of carbonyl (C=O) groups excluding carboxylic acids is 3. The largest absolute Gasteiger partial charge is 0.497 e. The number of aromatic nitrogens is 1. The van der Waals surface area contributed by atoms with E-state index < -0.39 is 5.92 Å². The van der Waals surface area contributed by atoms with Crippen molar-refractivity contribution in [3.8, 4) is 5.75 Å². The minimum absolute atomic E-state index is 0.0945. The number of anilines is 2. The predicted molar refractivity (Wildman–Crippen MR) is 126 cm³/mol. The highest BCUT2D eigenvalue weighted by Gasteiger charge is 2.35. The first kappa shape index (κ1) is 22.1. The molecule has 3 amide bonds. The van der Waals surface area contributed by atoms with Crippen LogP contribution < -0.4 is 20.4 Å². The highest BCUT2D eigenvalue weighted by molar-refractivity contribution is 6.04. The Morgan fingerprint density at radius 1 is 0.939 bits per heavy atom. The average molecular weight is 447 g/mol. The van der Waals surface area contributed by atoms with Crippen LogP contribution in [0.5, 0.6) is 5.75 Å². The van der Waals surface area contributed by atoms with Gasteiger partial charge in [-0.15, -0.1) is 0 Å². The molecular formula is C25H26N4O4. The Labute approximate surface area is 192 Å². The predicted octanol–water partition coefficient (Wildman–Crippen LogP) is 3.49. The topological polar surface area (TPSA) is 92.7 Å². The zero-order valence-electron chi connectivity index (χ0n) is 18.8. The Kier molecular flexibility index (Phi) is 6.17. The number of nitrogens with zero attached hydrogens (tertiary/aromatic N) is 2. The van der Waals surface area contributed by atoms with Crippen molar-refractivity contribution in [3.63, 3.8) is 0 Å². The fraction of sp³-hybridized carbons (Fsp3) is 0.240. The molecule has 8 nitrogen and oxygen atoms in total. The molecule has 1 fully saturated rings. The van der Waals surface area contributed by atoms with Gasteiger partial charge in [-0.3, -0.25) is 24.5 Å². The van der Waals surface area contributed by atoms with Crippen LogP contribution in [0.3, 0.4) is 0 Å². The van der Waals surface area contributed by atoms with Crippen molar-refractivity contribution in [2.45, 2.75) is 20.3 Å². The number of rotatable bonds is 6. The Morgan fingerprint density at radius 3 is 2.18 bits per heavy atom. The van der Waals surface area contributed by atoms with E-state index in [1.165, 1.54) is 0 Å². The van der Waals surface area contributed by atoms with E-state index in [1.807, 2.05) is 26.0 Å². The Bertz CT molecular complexity index is 1160. The number of methoxy groups -OCH3 is 1. The number of hydrogen-bond acceptors (Lipinski definition) is 4. The molecule has 2 aromatic carbocycles. The van der Waals surface area contributed by atoms with Gasteiger partial charge in [0.25, 0.3) is 5.91 Å². The summed E-state index contributed by atoms with van der Waals surface area (Å²) in [5.41, 5.74) is 6.49. The summed E-state index contributed by atoms with van der Waals surface area (Å²) in [4.78, 5) is 39.4. The third-order valence-electron chi connectivity index (χ3n) is 5.78. The van der Waals surface area contributed by atoms with Crippen LogP contribution >= 0.6 is 0 Å². The summed E-state index contributed by atoms with van der Waals surface area (Å²) in [5.74, 6) is -0.317. The average Bonchev–Trinajstić information content (AvgIpc) is 3.36. The van der Waals surface area contributed by atoms with E-state index in [0.717, 1.165) is 17.1 Å². The van der Waals surface area contributed by atoms with Gasteiger partial charge in [0, 0.05) is 41.3 Å². The number of carbonyl (C=O) groups is 3. The highest BCUT2D eigenvalue weighted by Crippen LogP contribution is 2.27. The van der Waals surface area contributed by atoms with Gasteiger partial charge < -0.3 is 15.0 Å². The van der Waals surface area contributed by atoms with Crippen molar-refractivity contribution in [3.05, 3.63) is 77.6 Å². The molecule has 33 heavy (non-hydrogen) atoms. The van der Waals surface area contributed by atoms with Crippen LogP contribution in [0.15, 0.2) is 60.7 Å². The number of ether oxygens (including phenoxy) is 1. The van der Waals surface area contributed by atoms with Gasteiger partial charge in [-0.05, 0) is 74.5 Å². The molecule has 1 aliphatic rings. The van der Waals surface area contributed by atoms with Crippen LogP contribution in [0.1, 0.15) is 28.2 Å². The molecule has 0 spiro atoms. The molecule has 1 aromatic heterocycles. The lowest BCUT2D eigenvalue weighted by Gasteiger charge is -2.17. The summed E-state index contributed by atoms with van der Waals surface area (Å²) >= 11 is 0. The zero-order chi connectivity index (χ0) is 23.5. The summed E-state index contributed by atoms with van der Waals surface area (Å²) in [6.07, 6.45) is 0.147. The van der Waals surface area contributed by atoms with E-state index in [4.69, 9.17) is 4.74 Å². The Hall–Kier alpha value is -4.07. The maximum Gasteiger partial charge on any atom is 0.270 e. The maximum atomic E-state index is 12.8. The van der Waals surface area contributed by atoms with Gasteiger partial charge in [-0.25, -0.2) is 0 Å². The van der Waals surface area contributed by atoms with Gasteiger partial charge in [0.05, 0.1) is 13.0 Å². The lowest BCUT2D eigenvalue weighted by atomic mass is 10.1. The lowest BCUT2D eigenvalue weighted by molar-refractivity contribution is -0.122. The molecule has 1 atom stereocenters. The van der Waals surface area contributed by atoms with Crippen molar-refractivity contribution in [2.75, 3.05) is 29.3 Å². The summed E-state index contributed by atoms with van der Waals surface area (Å²) in [7, 11) is 1.58. The molecule has 1 saturated heterocycles. The monoisotopic (exact) mass is 446 g/mol. The maximum absolute atomic E-state index is 12.8. The third-order valence-corrected chi connectivity index (χ3v) is 5.78. The number of aryl methyl sites for hydroxylation is 2. The molecule has 0 bridgehead atoms. The molecular weight excluding hydrogens is 420 g/mol. The second-order valence-corrected chi connectivity index (χ2v) is 8.06. The standard InChI is InChI=1S/C25H26N4O4/c1-16-4-5-17(2)29(16)27-25(32)18-6-8-20(9-7-18)26-24(31)19-14-23(30)28(15-19)21-10-12-22(33-3)13-11-21/h4-13,19H,14-15H2,1-3H3,(H,26,31)(H,27,32)/t19-/m0/s1. The smallest absolute Gasteiger partial charge is 0.270 e. The first-order valence-corrected chi connectivity index (χ1v) is 10.7. The van der Waals surface area contributed by atoms with Crippen LogP contribution in [-0.4, -0.2) is 36.1 Å². The molecule has 3 aromatic rings. The van der Waals surface area contributed by atoms with Crippen LogP contribution in [0.25, 0.3) is 0 Å². The summed E-state index contributed by atoms with van der Waals surface area (Å²) in [6, 6.07) is 17.7.